The summed E-state index contributed by atoms with van der Waals surface area (Å²) in [5.41, 5.74) is 7.78. The molecule has 1 aromatic carbocycles. The minimum absolute atomic E-state index is 0.0752. The summed E-state index contributed by atoms with van der Waals surface area (Å²) < 4.78 is 13.3. The van der Waals surface area contributed by atoms with Crippen molar-refractivity contribution in [2.45, 2.75) is 19.5 Å². The van der Waals surface area contributed by atoms with Crippen LogP contribution in [0.5, 0.6) is 5.75 Å². The van der Waals surface area contributed by atoms with Crippen molar-refractivity contribution in [1.82, 2.24) is 14.5 Å². The second-order valence-corrected chi connectivity index (χ2v) is 6.14. The number of nitrogens with two attached hydrogens (primary N) is 1. The molecule has 1 aliphatic rings. The monoisotopic (exact) mass is 330 g/mol. The third kappa shape index (κ3) is 4.56. The van der Waals surface area contributed by atoms with Gasteiger partial charge < -0.3 is 19.8 Å². The van der Waals surface area contributed by atoms with Crippen molar-refractivity contribution in [2.24, 2.45) is 5.73 Å². The van der Waals surface area contributed by atoms with Crippen LogP contribution in [0.15, 0.2) is 36.7 Å². The van der Waals surface area contributed by atoms with Gasteiger partial charge >= 0.3 is 0 Å². The van der Waals surface area contributed by atoms with Gasteiger partial charge in [-0.25, -0.2) is 4.98 Å². The van der Waals surface area contributed by atoms with Crippen molar-refractivity contribution in [3.63, 3.8) is 0 Å². The summed E-state index contributed by atoms with van der Waals surface area (Å²) in [6.07, 6.45) is 5.92. The minimum Gasteiger partial charge on any atom is -0.492 e. The number of imidazole rings is 1. The molecule has 1 saturated heterocycles. The molecular weight excluding hydrogens is 304 g/mol. The summed E-state index contributed by atoms with van der Waals surface area (Å²) in [6.45, 7) is 7.96. The van der Waals surface area contributed by atoms with Crippen molar-refractivity contribution in [3.8, 4) is 5.75 Å². The Morgan fingerprint density at radius 2 is 2.21 bits per heavy atom. The molecule has 0 bridgehead atoms. The maximum Gasteiger partial charge on any atom is 0.121 e. The second-order valence-electron chi connectivity index (χ2n) is 6.14. The fraction of sp³-hybridized carbons (Fsp3) is 0.500. The van der Waals surface area contributed by atoms with Gasteiger partial charge in [-0.15, -0.1) is 0 Å². The SMILES string of the molecule is CC(N)/C=C\Cn1cnc2cc(OCCN3CCOCC3)ccc21. The molecule has 1 aromatic heterocycles. The number of morpholine rings is 1. The van der Waals surface area contributed by atoms with Gasteiger partial charge in [-0.2, -0.15) is 0 Å². The molecule has 1 fully saturated rings. The van der Waals surface area contributed by atoms with Gasteiger partial charge in [-0.3, -0.25) is 4.90 Å². The van der Waals surface area contributed by atoms with Crippen LogP contribution in [0.1, 0.15) is 6.92 Å². The Kier molecular flexibility index (Phi) is 5.85. The lowest BCUT2D eigenvalue weighted by molar-refractivity contribution is 0.0322. The summed E-state index contributed by atoms with van der Waals surface area (Å²) in [5, 5.41) is 0. The number of aromatic nitrogens is 2. The molecule has 0 amide bonds. The van der Waals surface area contributed by atoms with Crippen LogP contribution < -0.4 is 10.5 Å². The number of ether oxygens (including phenoxy) is 2. The first kappa shape index (κ1) is 17.0. The number of hydrogen-bond donors (Lipinski definition) is 1. The summed E-state index contributed by atoms with van der Waals surface area (Å²) in [5.74, 6) is 0.868. The van der Waals surface area contributed by atoms with E-state index >= 15 is 0 Å². The predicted octanol–water partition coefficient (Wildman–Crippen LogP) is 1.65. The molecule has 2 heterocycles. The summed E-state index contributed by atoms with van der Waals surface area (Å²) in [7, 11) is 0. The van der Waals surface area contributed by atoms with Crippen molar-refractivity contribution in [2.75, 3.05) is 39.5 Å². The van der Waals surface area contributed by atoms with Crippen LogP contribution in [-0.4, -0.2) is 59.9 Å². The maximum atomic E-state index is 5.88. The molecule has 6 nitrogen and oxygen atoms in total. The van der Waals surface area contributed by atoms with E-state index in [0.717, 1.165) is 56.2 Å². The van der Waals surface area contributed by atoms with Gasteiger partial charge in [-0.1, -0.05) is 12.2 Å². The lowest BCUT2D eigenvalue weighted by atomic mass is 10.3. The van der Waals surface area contributed by atoms with Crippen LogP contribution in [0.4, 0.5) is 0 Å². The van der Waals surface area contributed by atoms with Crippen molar-refractivity contribution in [1.29, 1.82) is 0 Å². The fourth-order valence-corrected chi connectivity index (χ4v) is 2.79. The molecule has 1 aliphatic heterocycles. The smallest absolute Gasteiger partial charge is 0.121 e. The first-order valence-electron chi connectivity index (χ1n) is 8.52. The lowest BCUT2D eigenvalue weighted by Gasteiger charge is -2.26. The second kappa shape index (κ2) is 8.28. The van der Waals surface area contributed by atoms with Gasteiger partial charge in [0.25, 0.3) is 0 Å². The van der Waals surface area contributed by atoms with Gasteiger partial charge in [0.2, 0.25) is 0 Å². The predicted molar refractivity (Wildman–Crippen MR) is 95.3 cm³/mol. The summed E-state index contributed by atoms with van der Waals surface area (Å²) >= 11 is 0. The lowest BCUT2D eigenvalue weighted by Crippen LogP contribution is -2.38. The standard InChI is InChI=1S/C18H26N4O2/c1-15(19)3-2-6-22-14-20-17-13-16(4-5-18(17)22)24-12-9-21-7-10-23-11-8-21/h2-5,13-15H,6-12,19H2,1H3/b3-2-. The number of rotatable bonds is 7. The van der Waals surface area contributed by atoms with Crippen LogP contribution >= 0.6 is 0 Å². The molecule has 1 unspecified atom stereocenters. The van der Waals surface area contributed by atoms with Gasteiger partial charge in [0.05, 0.1) is 30.6 Å². The molecule has 24 heavy (non-hydrogen) atoms. The zero-order chi connectivity index (χ0) is 16.8. The summed E-state index contributed by atoms with van der Waals surface area (Å²) in [6, 6.07) is 6.15. The van der Waals surface area contributed by atoms with Crippen LogP contribution in [0, 0.1) is 0 Å². The Morgan fingerprint density at radius 1 is 1.38 bits per heavy atom. The van der Waals surface area contributed by atoms with Crippen molar-refractivity contribution < 1.29 is 9.47 Å². The number of benzene rings is 1. The Balaban J connectivity index is 1.56. The van der Waals surface area contributed by atoms with E-state index < -0.39 is 0 Å². The van der Waals surface area contributed by atoms with Gasteiger partial charge in [-0.05, 0) is 19.1 Å². The maximum absolute atomic E-state index is 5.88. The molecule has 2 aromatic rings. The highest BCUT2D eigenvalue weighted by molar-refractivity contribution is 5.77. The number of allylic oxidation sites excluding steroid dienone is 1. The molecule has 6 heteroatoms. The van der Waals surface area contributed by atoms with Crippen LogP contribution in [-0.2, 0) is 11.3 Å². The average Bonchev–Trinajstić information content (AvgIpc) is 2.98. The Morgan fingerprint density at radius 3 is 3.00 bits per heavy atom. The Bertz CT molecular complexity index is 675. The molecule has 2 N–H and O–H groups in total. The van der Waals surface area contributed by atoms with Crippen molar-refractivity contribution >= 4 is 11.0 Å². The molecule has 3 rings (SSSR count). The van der Waals surface area contributed by atoms with Gasteiger partial charge in [0, 0.05) is 38.3 Å². The molecule has 0 aliphatic carbocycles. The zero-order valence-corrected chi connectivity index (χ0v) is 14.2. The zero-order valence-electron chi connectivity index (χ0n) is 14.2. The molecule has 130 valence electrons. The third-order valence-corrected chi connectivity index (χ3v) is 4.11. The van der Waals surface area contributed by atoms with E-state index in [1.165, 1.54) is 0 Å². The molecular formula is C18H26N4O2. The Hall–Kier alpha value is -1.89. The highest BCUT2D eigenvalue weighted by atomic mass is 16.5. The first-order valence-corrected chi connectivity index (χ1v) is 8.52. The number of hydrogen-bond acceptors (Lipinski definition) is 5. The largest absolute Gasteiger partial charge is 0.492 e. The molecule has 0 saturated carbocycles. The van der Waals surface area contributed by atoms with E-state index in [1.54, 1.807) is 0 Å². The minimum atomic E-state index is 0.0752. The van der Waals surface area contributed by atoms with Gasteiger partial charge in [0.15, 0.2) is 0 Å². The van der Waals surface area contributed by atoms with Crippen LogP contribution in [0.25, 0.3) is 11.0 Å². The Labute approximate surface area is 142 Å². The fourth-order valence-electron chi connectivity index (χ4n) is 2.79. The molecule has 0 spiro atoms. The third-order valence-electron chi connectivity index (χ3n) is 4.11. The highest BCUT2D eigenvalue weighted by Gasteiger charge is 2.10. The van der Waals surface area contributed by atoms with E-state index in [9.17, 15) is 0 Å². The van der Waals surface area contributed by atoms with E-state index in [1.807, 2.05) is 31.5 Å². The van der Waals surface area contributed by atoms with E-state index in [2.05, 4.69) is 26.6 Å². The van der Waals surface area contributed by atoms with Crippen LogP contribution in [0.3, 0.4) is 0 Å². The normalized spacial score (nSPS) is 17.6. The van der Waals surface area contributed by atoms with Gasteiger partial charge in [0.1, 0.15) is 12.4 Å². The number of fused-ring (bicyclic) bond motifs is 1. The van der Waals surface area contributed by atoms with E-state index in [0.29, 0.717) is 6.61 Å². The average molecular weight is 330 g/mol. The first-order chi connectivity index (χ1) is 11.7. The molecule has 1 atom stereocenters. The van der Waals surface area contributed by atoms with E-state index in [4.69, 9.17) is 15.2 Å². The highest BCUT2D eigenvalue weighted by Crippen LogP contribution is 2.20. The van der Waals surface area contributed by atoms with E-state index in [-0.39, 0.29) is 6.04 Å². The van der Waals surface area contributed by atoms with Crippen LogP contribution in [0.2, 0.25) is 0 Å². The number of nitrogens with zero attached hydrogens (tertiary/aromatic N) is 3. The topological polar surface area (TPSA) is 65.5 Å². The van der Waals surface area contributed by atoms with Crippen molar-refractivity contribution in [3.05, 3.63) is 36.7 Å². The quantitative estimate of drug-likeness (QED) is 0.782. The molecule has 0 radical (unpaired) electrons. The summed E-state index contributed by atoms with van der Waals surface area (Å²) in [4.78, 5) is 6.83.